The van der Waals surface area contributed by atoms with E-state index < -0.39 is 11.9 Å². The molecule has 1 atom stereocenters. The molecule has 6 nitrogen and oxygen atoms in total. The maximum atomic E-state index is 12.6. The lowest BCUT2D eigenvalue weighted by Gasteiger charge is -2.17. The number of esters is 1. The number of carbonyl (C=O) groups excluding carboxylic acids is 3. The van der Waals surface area contributed by atoms with Gasteiger partial charge in [-0.1, -0.05) is 19.1 Å². The molecule has 146 valence electrons. The highest BCUT2D eigenvalue weighted by molar-refractivity contribution is 6.03. The zero-order chi connectivity index (χ0) is 20.1. The van der Waals surface area contributed by atoms with Gasteiger partial charge in [-0.05, 0) is 55.3 Å². The molecule has 2 aromatic carbocycles. The number of amides is 2. The fourth-order valence-corrected chi connectivity index (χ4v) is 3.19. The molecule has 0 aliphatic carbocycles. The maximum absolute atomic E-state index is 12.6. The Kier molecular flexibility index (Phi) is 6.09. The van der Waals surface area contributed by atoms with E-state index in [4.69, 9.17) is 4.74 Å². The standard InChI is InChI=1S/C22H24N2O4/c1-3-15-5-11-19(12-6-15)24-14-17(13-20(24)25)21(26)23-18-9-7-16(8-10-18)22(27)28-4-2/h5-12,17H,3-4,13-14H2,1-2H3,(H,23,26)/t17-/m1/s1. The Bertz CT molecular complexity index is 859. The van der Waals surface area contributed by atoms with Gasteiger partial charge in [0.2, 0.25) is 11.8 Å². The van der Waals surface area contributed by atoms with Gasteiger partial charge in [-0.25, -0.2) is 4.79 Å². The Morgan fingerprint density at radius 1 is 1.07 bits per heavy atom. The number of rotatable bonds is 6. The van der Waals surface area contributed by atoms with Crippen LogP contribution in [0.5, 0.6) is 0 Å². The molecular weight excluding hydrogens is 356 g/mol. The SMILES string of the molecule is CCOC(=O)c1ccc(NC(=O)[C@@H]2CC(=O)N(c3ccc(CC)cc3)C2)cc1. The first-order valence-corrected chi connectivity index (χ1v) is 9.49. The summed E-state index contributed by atoms with van der Waals surface area (Å²) >= 11 is 0. The van der Waals surface area contributed by atoms with Gasteiger partial charge in [0, 0.05) is 24.3 Å². The minimum absolute atomic E-state index is 0.0537. The van der Waals surface area contributed by atoms with E-state index in [0.29, 0.717) is 24.4 Å². The molecule has 3 rings (SSSR count). The van der Waals surface area contributed by atoms with E-state index in [1.165, 1.54) is 5.56 Å². The van der Waals surface area contributed by atoms with Crippen LogP contribution in [0.15, 0.2) is 48.5 Å². The first-order valence-electron chi connectivity index (χ1n) is 9.49. The predicted molar refractivity (Wildman–Crippen MR) is 107 cm³/mol. The zero-order valence-corrected chi connectivity index (χ0v) is 16.1. The number of aryl methyl sites for hydroxylation is 1. The second-order valence-electron chi connectivity index (χ2n) is 6.71. The quantitative estimate of drug-likeness (QED) is 0.779. The van der Waals surface area contributed by atoms with Gasteiger partial charge >= 0.3 is 5.97 Å². The lowest BCUT2D eigenvalue weighted by molar-refractivity contribution is -0.122. The van der Waals surface area contributed by atoms with Crippen molar-refractivity contribution in [2.24, 2.45) is 5.92 Å². The van der Waals surface area contributed by atoms with Crippen LogP contribution in [-0.2, 0) is 20.7 Å². The summed E-state index contributed by atoms with van der Waals surface area (Å²) in [5.74, 6) is -1.07. The van der Waals surface area contributed by atoms with Gasteiger partial charge in [0.25, 0.3) is 0 Å². The molecule has 0 bridgehead atoms. The number of hydrogen-bond acceptors (Lipinski definition) is 4. The van der Waals surface area contributed by atoms with Crippen LogP contribution in [0.4, 0.5) is 11.4 Å². The molecule has 0 unspecified atom stereocenters. The van der Waals surface area contributed by atoms with Crippen LogP contribution in [-0.4, -0.2) is 30.9 Å². The Hall–Kier alpha value is -3.15. The molecule has 2 amide bonds. The molecule has 0 aromatic heterocycles. The number of nitrogens with zero attached hydrogens (tertiary/aromatic N) is 1. The van der Waals surface area contributed by atoms with Gasteiger partial charge in [-0.3, -0.25) is 9.59 Å². The van der Waals surface area contributed by atoms with Crippen LogP contribution in [0.3, 0.4) is 0 Å². The van der Waals surface area contributed by atoms with Crippen molar-refractivity contribution in [1.82, 2.24) is 0 Å². The number of nitrogens with one attached hydrogen (secondary N) is 1. The average molecular weight is 380 g/mol. The van der Waals surface area contributed by atoms with E-state index >= 15 is 0 Å². The summed E-state index contributed by atoms with van der Waals surface area (Å²) in [5.41, 5.74) is 3.03. The van der Waals surface area contributed by atoms with Crippen molar-refractivity contribution in [2.45, 2.75) is 26.7 Å². The number of anilines is 2. The topological polar surface area (TPSA) is 75.7 Å². The molecule has 1 aliphatic heterocycles. The highest BCUT2D eigenvalue weighted by Gasteiger charge is 2.35. The van der Waals surface area contributed by atoms with Crippen molar-refractivity contribution in [3.63, 3.8) is 0 Å². The minimum atomic E-state index is -0.414. The second-order valence-corrected chi connectivity index (χ2v) is 6.71. The normalized spacial score (nSPS) is 16.1. The first-order chi connectivity index (χ1) is 13.5. The van der Waals surface area contributed by atoms with Crippen molar-refractivity contribution in [1.29, 1.82) is 0 Å². The zero-order valence-electron chi connectivity index (χ0n) is 16.1. The van der Waals surface area contributed by atoms with Crippen molar-refractivity contribution < 1.29 is 19.1 Å². The summed E-state index contributed by atoms with van der Waals surface area (Å²) in [5, 5.41) is 2.82. The molecule has 28 heavy (non-hydrogen) atoms. The van der Waals surface area contributed by atoms with Crippen molar-refractivity contribution >= 4 is 29.2 Å². The van der Waals surface area contributed by atoms with E-state index in [1.807, 2.05) is 24.3 Å². The fourth-order valence-electron chi connectivity index (χ4n) is 3.19. The molecule has 0 spiro atoms. The lowest BCUT2D eigenvalue weighted by Crippen LogP contribution is -2.28. The summed E-state index contributed by atoms with van der Waals surface area (Å²) in [6, 6.07) is 14.4. The van der Waals surface area contributed by atoms with Crippen LogP contribution in [0.1, 0.15) is 36.2 Å². The second kappa shape index (κ2) is 8.69. The summed E-state index contributed by atoms with van der Waals surface area (Å²) in [6.07, 6.45) is 1.12. The van der Waals surface area contributed by atoms with Crippen LogP contribution in [0.25, 0.3) is 0 Å². The lowest BCUT2D eigenvalue weighted by atomic mass is 10.1. The minimum Gasteiger partial charge on any atom is -0.462 e. The summed E-state index contributed by atoms with van der Waals surface area (Å²) in [6.45, 7) is 4.49. The number of benzene rings is 2. The monoisotopic (exact) mass is 380 g/mol. The molecule has 0 saturated carbocycles. The molecule has 1 heterocycles. The number of hydrogen-bond donors (Lipinski definition) is 1. The first kappa shape index (κ1) is 19.6. The predicted octanol–water partition coefficient (Wildman–Crippen LogP) is 3.42. The Balaban J connectivity index is 1.62. The van der Waals surface area contributed by atoms with Crippen molar-refractivity contribution in [3.8, 4) is 0 Å². The van der Waals surface area contributed by atoms with Crippen LogP contribution < -0.4 is 10.2 Å². The van der Waals surface area contributed by atoms with E-state index in [1.54, 1.807) is 36.1 Å². The molecule has 1 saturated heterocycles. The highest BCUT2D eigenvalue weighted by Crippen LogP contribution is 2.26. The van der Waals surface area contributed by atoms with Crippen molar-refractivity contribution in [2.75, 3.05) is 23.4 Å². The van der Waals surface area contributed by atoms with Gasteiger partial charge in [-0.15, -0.1) is 0 Å². The molecule has 2 aromatic rings. The average Bonchev–Trinajstić information content (AvgIpc) is 3.10. The van der Waals surface area contributed by atoms with Crippen LogP contribution in [0.2, 0.25) is 0 Å². The van der Waals surface area contributed by atoms with Gasteiger partial charge in [0.05, 0.1) is 18.1 Å². The van der Waals surface area contributed by atoms with Gasteiger partial charge in [0.1, 0.15) is 0 Å². The van der Waals surface area contributed by atoms with Crippen LogP contribution in [0, 0.1) is 5.92 Å². The third kappa shape index (κ3) is 4.39. The molecule has 1 N–H and O–H groups in total. The largest absolute Gasteiger partial charge is 0.462 e. The third-order valence-electron chi connectivity index (χ3n) is 4.82. The molecule has 6 heteroatoms. The Morgan fingerprint density at radius 3 is 2.36 bits per heavy atom. The highest BCUT2D eigenvalue weighted by atomic mass is 16.5. The molecule has 0 radical (unpaired) electrons. The summed E-state index contributed by atoms with van der Waals surface area (Å²) in [7, 11) is 0. The summed E-state index contributed by atoms with van der Waals surface area (Å²) < 4.78 is 4.94. The molecular formula is C22H24N2O4. The fraction of sp³-hybridized carbons (Fsp3) is 0.318. The van der Waals surface area contributed by atoms with E-state index in [2.05, 4.69) is 12.2 Å². The van der Waals surface area contributed by atoms with E-state index in [0.717, 1.165) is 12.1 Å². The molecule has 1 aliphatic rings. The third-order valence-corrected chi connectivity index (χ3v) is 4.82. The van der Waals surface area contributed by atoms with Gasteiger partial charge in [-0.2, -0.15) is 0 Å². The van der Waals surface area contributed by atoms with Gasteiger partial charge < -0.3 is 15.0 Å². The van der Waals surface area contributed by atoms with Gasteiger partial charge in [0.15, 0.2) is 0 Å². The maximum Gasteiger partial charge on any atom is 0.338 e. The Morgan fingerprint density at radius 2 is 1.75 bits per heavy atom. The number of ether oxygens (including phenoxy) is 1. The summed E-state index contributed by atoms with van der Waals surface area (Å²) in [4.78, 5) is 38.3. The van der Waals surface area contributed by atoms with E-state index in [9.17, 15) is 14.4 Å². The Labute approximate surface area is 164 Å². The number of carbonyl (C=O) groups is 3. The van der Waals surface area contributed by atoms with Crippen molar-refractivity contribution in [3.05, 3.63) is 59.7 Å². The smallest absolute Gasteiger partial charge is 0.338 e. The van der Waals surface area contributed by atoms with E-state index in [-0.39, 0.29) is 18.2 Å². The van der Waals surface area contributed by atoms with Crippen LogP contribution >= 0.6 is 0 Å². The molecule has 1 fully saturated rings.